The number of amides is 3. The van der Waals surface area contributed by atoms with Gasteiger partial charge in [0, 0.05) is 0 Å². The lowest BCUT2D eigenvalue weighted by Gasteiger charge is -2.24. The maximum Gasteiger partial charge on any atom is 0.408 e. The summed E-state index contributed by atoms with van der Waals surface area (Å²) in [5.74, 6) is -2.67. The van der Waals surface area contributed by atoms with E-state index in [9.17, 15) is 19.2 Å². The molecule has 2 N–H and O–H groups in total. The summed E-state index contributed by atoms with van der Waals surface area (Å²) >= 11 is 0. The number of hydrogen-bond acceptors (Lipinski definition) is 7. The van der Waals surface area contributed by atoms with E-state index in [1.165, 1.54) is 0 Å². The number of hydrogen-bond donors (Lipinski definition) is 2. The molecule has 1 fully saturated rings. The van der Waals surface area contributed by atoms with E-state index in [1.54, 1.807) is 20.8 Å². The van der Waals surface area contributed by atoms with Crippen molar-refractivity contribution in [1.82, 2.24) is 10.4 Å². The van der Waals surface area contributed by atoms with E-state index in [2.05, 4.69) is 5.32 Å². The zero-order chi connectivity index (χ0) is 18.7. The first-order valence-electron chi connectivity index (χ1n) is 7.66. The highest BCUT2D eigenvalue weighted by molar-refractivity contribution is 6.04. The van der Waals surface area contributed by atoms with Gasteiger partial charge in [0.15, 0.2) is 6.10 Å². The number of hydroxylamine groups is 2. The second kappa shape index (κ2) is 7.61. The van der Waals surface area contributed by atoms with Crippen molar-refractivity contribution >= 4 is 23.9 Å². The third-order valence-electron chi connectivity index (χ3n) is 3.02. The van der Waals surface area contributed by atoms with Crippen molar-refractivity contribution in [3.8, 4) is 0 Å². The van der Waals surface area contributed by atoms with E-state index in [0.717, 1.165) is 0 Å². The molecule has 0 aliphatic carbocycles. The van der Waals surface area contributed by atoms with Gasteiger partial charge in [0.2, 0.25) is 0 Å². The van der Waals surface area contributed by atoms with Crippen LogP contribution in [-0.2, 0) is 23.9 Å². The van der Waals surface area contributed by atoms with Gasteiger partial charge < -0.3 is 14.8 Å². The molecule has 0 aromatic rings. The normalized spacial score (nSPS) is 19.5. The van der Waals surface area contributed by atoms with Gasteiger partial charge in [0.1, 0.15) is 11.6 Å². The van der Waals surface area contributed by atoms with E-state index in [0.29, 0.717) is 0 Å². The van der Waals surface area contributed by atoms with E-state index in [1.807, 2.05) is 13.8 Å². The first-order valence-corrected chi connectivity index (χ1v) is 7.66. The smallest absolute Gasteiger partial charge is 0.408 e. The molecule has 9 heteroatoms. The third-order valence-corrected chi connectivity index (χ3v) is 3.02. The predicted molar refractivity (Wildman–Crippen MR) is 80.7 cm³/mol. The number of nitrogens with zero attached hydrogens (tertiary/aromatic N) is 1. The second-order valence-electron chi connectivity index (χ2n) is 7.00. The Morgan fingerprint density at radius 2 is 1.92 bits per heavy atom. The fraction of sp³-hybridized carbons (Fsp3) is 0.733. The van der Waals surface area contributed by atoms with E-state index in [-0.39, 0.29) is 17.4 Å². The minimum absolute atomic E-state index is 0.0488. The van der Waals surface area contributed by atoms with Gasteiger partial charge in [0.05, 0.1) is 6.42 Å². The van der Waals surface area contributed by atoms with Gasteiger partial charge in [-0.3, -0.25) is 14.8 Å². The van der Waals surface area contributed by atoms with E-state index < -0.39 is 48.0 Å². The molecule has 24 heavy (non-hydrogen) atoms. The SMILES string of the molecule is CC(C)C[C@H](NC(=O)OC(C)(C)C)C(=O)OC1CC(=O)N(O)C1=O. The summed E-state index contributed by atoms with van der Waals surface area (Å²) in [5.41, 5.74) is -0.735. The topological polar surface area (TPSA) is 122 Å². The summed E-state index contributed by atoms with van der Waals surface area (Å²) in [4.78, 5) is 46.9. The molecular weight excluding hydrogens is 320 g/mol. The zero-order valence-corrected chi connectivity index (χ0v) is 14.5. The Balaban J connectivity index is 2.73. The molecule has 1 saturated heterocycles. The number of carbonyl (C=O) groups excluding carboxylic acids is 4. The average Bonchev–Trinajstić information content (AvgIpc) is 2.63. The maximum atomic E-state index is 12.2. The van der Waals surface area contributed by atoms with Crippen LogP contribution in [-0.4, -0.2) is 51.9 Å². The lowest BCUT2D eigenvalue weighted by atomic mass is 10.0. The maximum absolute atomic E-state index is 12.2. The Morgan fingerprint density at radius 1 is 1.33 bits per heavy atom. The van der Waals surface area contributed by atoms with Crippen molar-refractivity contribution in [2.24, 2.45) is 5.92 Å². The molecular formula is C15H24N2O7. The molecule has 1 aliphatic rings. The van der Waals surface area contributed by atoms with Gasteiger partial charge >= 0.3 is 12.1 Å². The van der Waals surface area contributed by atoms with Crippen LogP contribution in [0.25, 0.3) is 0 Å². The van der Waals surface area contributed by atoms with Gasteiger partial charge in [0.25, 0.3) is 11.8 Å². The second-order valence-corrected chi connectivity index (χ2v) is 7.00. The predicted octanol–water partition coefficient (Wildman–Crippen LogP) is 0.986. The number of alkyl carbamates (subject to hydrolysis) is 1. The molecule has 9 nitrogen and oxygen atoms in total. The van der Waals surface area contributed by atoms with Crippen molar-refractivity contribution in [2.45, 2.75) is 65.2 Å². The van der Waals surface area contributed by atoms with Crippen LogP contribution in [0.3, 0.4) is 0 Å². The molecule has 136 valence electrons. The highest BCUT2D eigenvalue weighted by Gasteiger charge is 2.42. The van der Waals surface area contributed by atoms with Crippen LogP contribution in [0.1, 0.15) is 47.5 Å². The lowest BCUT2D eigenvalue weighted by molar-refractivity contribution is -0.177. The Morgan fingerprint density at radius 3 is 2.33 bits per heavy atom. The molecule has 0 aromatic carbocycles. The molecule has 0 spiro atoms. The van der Waals surface area contributed by atoms with Crippen molar-refractivity contribution in [2.75, 3.05) is 0 Å². The quantitative estimate of drug-likeness (QED) is 0.433. The van der Waals surface area contributed by atoms with Crippen LogP contribution in [0.2, 0.25) is 0 Å². The molecule has 1 aliphatic heterocycles. The largest absolute Gasteiger partial charge is 0.450 e. The summed E-state index contributed by atoms with van der Waals surface area (Å²) in [6.07, 6.45) is -2.34. The Bertz CT molecular complexity index is 524. The highest BCUT2D eigenvalue weighted by Crippen LogP contribution is 2.17. The van der Waals surface area contributed by atoms with Gasteiger partial charge in [-0.15, -0.1) is 0 Å². The Labute approximate surface area is 140 Å². The molecule has 0 bridgehead atoms. The molecule has 0 aromatic heterocycles. The van der Waals surface area contributed by atoms with Gasteiger partial charge in [-0.1, -0.05) is 13.8 Å². The first-order chi connectivity index (χ1) is 10.9. The molecule has 2 atom stereocenters. The monoisotopic (exact) mass is 344 g/mol. The van der Waals surface area contributed by atoms with Crippen LogP contribution < -0.4 is 5.32 Å². The molecule has 0 radical (unpaired) electrons. The molecule has 3 amide bonds. The fourth-order valence-corrected chi connectivity index (χ4v) is 2.04. The zero-order valence-electron chi connectivity index (χ0n) is 14.5. The van der Waals surface area contributed by atoms with Crippen molar-refractivity contribution < 1.29 is 33.9 Å². The highest BCUT2D eigenvalue weighted by atomic mass is 16.6. The summed E-state index contributed by atoms with van der Waals surface area (Å²) in [7, 11) is 0. The summed E-state index contributed by atoms with van der Waals surface area (Å²) in [6.45, 7) is 8.73. The Kier molecular flexibility index (Phi) is 6.30. The van der Waals surface area contributed by atoms with Crippen LogP contribution >= 0.6 is 0 Å². The standard InChI is InChI=1S/C15H24N2O7/c1-8(2)6-9(16-14(21)24-15(3,4)5)13(20)23-10-7-11(18)17(22)12(10)19/h8-10,22H,6-7H2,1-5H3,(H,16,21)/t9-,10?/m0/s1. The summed E-state index contributed by atoms with van der Waals surface area (Å²) in [5, 5.41) is 11.5. The number of rotatable bonds is 5. The lowest BCUT2D eigenvalue weighted by Crippen LogP contribution is -2.46. The molecule has 1 rings (SSSR count). The molecule has 0 saturated carbocycles. The molecule has 1 heterocycles. The number of imide groups is 1. The summed E-state index contributed by atoms with van der Waals surface area (Å²) < 4.78 is 10.1. The van der Waals surface area contributed by atoms with Crippen molar-refractivity contribution in [1.29, 1.82) is 0 Å². The summed E-state index contributed by atoms with van der Waals surface area (Å²) in [6, 6.07) is -1.03. The van der Waals surface area contributed by atoms with Crippen LogP contribution in [0, 0.1) is 5.92 Å². The van der Waals surface area contributed by atoms with Crippen LogP contribution in [0.4, 0.5) is 4.79 Å². The molecule has 1 unspecified atom stereocenters. The van der Waals surface area contributed by atoms with Gasteiger partial charge in [-0.25, -0.2) is 9.59 Å². The van der Waals surface area contributed by atoms with Crippen LogP contribution in [0.5, 0.6) is 0 Å². The average molecular weight is 344 g/mol. The third kappa shape index (κ3) is 5.80. The number of ether oxygens (including phenoxy) is 2. The van der Waals surface area contributed by atoms with Crippen LogP contribution in [0.15, 0.2) is 0 Å². The van der Waals surface area contributed by atoms with Gasteiger partial charge in [-0.2, -0.15) is 5.06 Å². The minimum atomic E-state index is -1.38. The number of esters is 1. The van der Waals surface area contributed by atoms with E-state index in [4.69, 9.17) is 14.7 Å². The Hall–Kier alpha value is -2.16. The van der Waals surface area contributed by atoms with Crippen molar-refractivity contribution in [3.63, 3.8) is 0 Å². The first kappa shape index (κ1) is 19.9. The fourth-order valence-electron chi connectivity index (χ4n) is 2.04. The van der Waals surface area contributed by atoms with E-state index >= 15 is 0 Å². The minimum Gasteiger partial charge on any atom is -0.450 e. The van der Waals surface area contributed by atoms with Crippen molar-refractivity contribution in [3.05, 3.63) is 0 Å². The number of carbonyl (C=O) groups is 4. The number of nitrogens with one attached hydrogen (secondary N) is 1. The van der Waals surface area contributed by atoms with Gasteiger partial charge in [-0.05, 0) is 33.1 Å².